The van der Waals surface area contributed by atoms with Crippen molar-refractivity contribution in [1.29, 1.82) is 0 Å². The first-order valence-electron chi connectivity index (χ1n) is 12.5. The topological polar surface area (TPSA) is 61.8 Å². The Morgan fingerprint density at radius 1 is 0.757 bits per heavy atom. The molecule has 0 radical (unpaired) electrons. The standard InChI is InChI=1S/C32H34O5/c1-24(2)32(34)36-23-7-5-4-6-22-35-29-17-13-27(14-18-29)28-15-19-30(20-16-28)37-31(33)21-12-26-10-8-25(3)9-11-26/h8-21H,1,4-7,22-23H2,2-3H3/b21-12+. The van der Waals surface area contributed by atoms with Crippen LogP contribution in [0.3, 0.4) is 0 Å². The van der Waals surface area contributed by atoms with E-state index in [4.69, 9.17) is 14.2 Å². The number of benzene rings is 3. The van der Waals surface area contributed by atoms with Crippen LogP contribution in [0.5, 0.6) is 11.5 Å². The third kappa shape index (κ3) is 9.80. The van der Waals surface area contributed by atoms with Crippen LogP contribution in [0, 0.1) is 6.92 Å². The predicted octanol–water partition coefficient (Wildman–Crippen LogP) is 7.34. The highest BCUT2D eigenvalue weighted by atomic mass is 16.5. The van der Waals surface area contributed by atoms with Crippen LogP contribution in [0.1, 0.15) is 43.7 Å². The summed E-state index contributed by atoms with van der Waals surface area (Å²) in [5.41, 5.74) is 4.62. The molecule has 0 heterocycles. The van der Waals surface area contributed by atoms with Gasteiger partial charge in [0, 0.05) is 11.6 Å². The minimum absolute atomic E-state index is 0.326. The molecule has 0 atom stereocenters. The van der Waals surface area contributed by atoms with Gasteiger partial charge in [0.05, 0.1) is 13.2 Å². The molecule has 3 aromatic carbocycles. The Morgan fingerprint density at radius 2 is 1.32 bits per heavy atom. The van der Waals surface area contributed by atoms with E-state index in [1.807, 2.05) is 67.6 Å². The molecule has 192 valence electrons. The summed E-state index contributed by atoms with van der Waals surface area (Å²) in [6.07, 6.45) is 6.96. The van der Waals surface area contributed by atoms with Crippen molar-refractivity contribution in [3.63, 3.8) is 0 Å². The largest absolute Gasteiger partial charge is 0.494 e. The lowest BCUT2D eigenvalue weighted by atomic mass is 10.1. The Labute approximate surface area is 219 Å². The molecule has 0 unspecified atom stereocenters. The van der Waals surface area contributed by atoms with Crippen molar-refractivity contribution in [2.75, 3.05) is 13.2 Å². The van der Waals surface area contributed by atoms with Gasteiger partial charge in [-0.25, -0.2) is 9.59 Å². The van der Waals surface area contributed by atoms with E-state index in [9.17, 15) is 9.59 Å². The molecule has 0 saturated carbocycles. The molecule has 5 nitrogen and oxygen atoms in total. The molecular formula is C32H34O5. The highest BCUT2D eigenvalue weighted by Crippen LogP contribution is 2.25. The van der Waals surface area contributed by atoms with Gasteiger partial charge in [0.25, 0.3) is 0 Å². The van der Waals surface area contributed by atoms with E-state index in [-0.39, 0.29) is 5.97 Å². The summed E-state index contributed by atoms with van der Waals surface area (Å²) in [5, 5.41) is 0. The maximum absolute atomic E-state index is 12.1. The van der Waals surface area contributed by atoms with Crippen molar-refractivity contribution in [3.8, 4) is 22.6 Å². The molecule has 0 spiro atoms. The molecule has 0 saturated heterocycles. The molecule has 0 fully saturated rings. The zero-order chi connectivity index (χ0) is 26.5. The Hall–Kier alpha value is -4.12. The van der Waals surface area contributed by atoms with Crippen LogP contribution in [0.25, 0.3) is 17.2 Å². The van der Waals surface area contributed by atoms with Gasteiger partial charge in [0.2, 0.25) is 0 Å². The first-order valence-corrected chi connectivity index (χ1v) is 12.5. The zero-order valence-electron chi connectivity index (χ0n) is 21.6. The summed E-state index contributed by atoms with van der Waals surface area (Å²) in [6.45, 7) is 8.31. The Morgan fingerprint density at radius 3 is 1.92 bits per heavy atom. The fraction of sp³-hybridized carbons (Fsp3) is 0.250. The number of ether oxygens (including phenoxy) is 3. The Kier molecular flexibility index (Phi) is 10.7. The van der Waals surface area contributed by atoms with Gasteiger partial charge in [-0.15, -0.1) is 0 Å². The third-order valence-corrected chi connectivity index (χ3v) is 5.64. The highest BCUT2D eigenvalue weighted by molar-refractivity contribution is 5.88. The fourth-order valence-corrected chi connectivity index (χ4v) is 3.49. The normalized spacial score (nSPS) is 10.8. The van der Waals surface area contributed by atoms with Crippen LogP contribution in [-0.4, -0.2) is 25.2 Å². The third-order valence-electron chi connectivity index (χ3n) is 5.64. The van der Waals surface area contributed by atoms with Crippen molar-refractivity contribution in [2.24, 2.45) is 0 Å². The van der Waals surface area contributed by atoms with Gasteiger partial charge in [-0.2, -0.15) is 0 Å². The SMILES string of the molecule is C=C(C)C(=O)OCCCCCCOc1ccc(-c2ccc(OC(=O)/C=C/c3ccc(C)cc3)cc2)cc1. The Bertz CT molecular complexity index is 1190. The quantitative estimate of drug-likeness (QED) is 0.107. The van der Waals surface area contributed by atoms with Gasteiger partial charge >= 0.3 is 11.9 Å². The summed E-state index contributed by atoms with van der Waals surface area (Å²) in [7, 11) is 0. The fourth-order valence-electron chi connectivity index (χ4n) is 3.49. The monoisotopic (exact) mass is 498 g/mol. The van der Waals surface area contributed by atoms with Crippen molar-refractivity contribution < 1.29 is 23.8 Å². The molecule has 3 rings (SSSR count). The first-order chi connectivity index (χ1) is 17.9. The van der Waals surface area contributed by atoms with Gasteiger partial charge in [0.1, 0.15) is 11.5 Å². The van der Waals surface area contributed by atoms with Crippen molar-refractivity contribution in [2.45, 2.75) is 39.5 Å². The lowest BCUT2D eigenvalue weighted by molar-refractivity contribution is -0.139. The van der Waals surface area contributed by atoms with E-state index in [2.05, 4.69) is 6.58 Å². The van der Waals surface area contributed by atoms with Crippen LogP contribution in [-0.2, 0) is 14.3 Å². The minimum atomic E-state index is -0.416. The van der Waals surface area contributed by atoms with E-state index < -0.39 is 5.97 Å². The number of hydrogen-bond acceptors (Lipinski definition) is 5. The van der Waals surface area contributed by atoms with E-state index in [0.29, 0.717) is 24.5 Å². The summed E-state index contributed by atoms with van der Waals surface area (Å²) in [4.78, 5) is 23.4. The summed E-state index contributed by atoms with van der Waals surface area (Å²) >= 11 is 0. The number of hydrogen-bond donors (Lipinski definition) is 0. The van der Waals surface area contributed by atoms with Crippen LogP contribution < -0.4 is 9.47 Å². The molecule has 3 aromatic rings. The van der Waals surface area contributed by atoms with Crippen LogP contribution in [0.15, 0.2) is 91.0 Å². The van der Waals surface area contributed by atoms with Crippen LogP contribution in [0.4, 0.5) is 0 Å². The average Bonchev–Trinajstić information content (AvgIpc) is 2.90. The molecule has 0 aliphatic heterocycles. The van der Waals surface area contributed by atoms with Crippen molar-refractivity contribution >= 4 is 18.0 Å². The van der Waals surface area contributed by atoms with Crippen molar-refractivity contribution in [3.05, 3.63) is 102 Å². The van der Waals surface area contributed by atoms with Crippen LogP contribution in [0.2, 0.25) is 0 Å². The second kappa shape index (κ2) is 14.4. The van der Waals surface area contributed by atoms with Gasteiger partial charge in [-0.3, -0.25) is 0 Å². The highest BCUT2D eigenvalue weighted by Gasteiger charge is 2.04. The zero-order valence-corrected chi connectivity index (χ0v) is 21.6. The maximum atomic E-state index is 12.1. The van der Waals surface area contributed by atoms with Gasteiger partial charge < -0.3 is 14.2 Å². The predicted molar refractivity (Wildman–Crippen MR) is 147 cm³/mol. The molecule has 0 aliphatic rings. The molecule has 0 N–H and O–H groups in total. The molecule has 0 amide bonds. The Balaban J connectivity index is 1.37. The molecule has 0 aromatic heterocycles. The molecule has 5 heteroatoms. The lowest BCUT2D eigenvalue weighted by Gasteiger charge is -2.08. The number of carbonyl (C=O) groups excluding carboxylic acids is 2. The van der Waals surface area contributed by atoms with Gasteiger partial charge in [-0.1, -0.05) is 60.7 Å². The van der Waals surface area contributed by atoms with E-state index in [0.717, 1.165) is 48.1 Å². The smallest absolute Gasteiger partial charge is 0.336 e. The number of carbonyl (C=O) groups is 2. The number of rotatable bonds is 13. The second-order valence-corrected chi connectivity index (χ2v) is 8.89. The second-order valence-electron chi connectivity index (χ2n) is 8.89. The molecule has 37 heavy (non-hydrogen) atoms. The van der Waals surface area contributed by atoms with Gasteiger partial charge in [-0.05, 0) is 86.6 Å². The minimum Gasteiger partial charge on any atom is -0.494 e. The lowest BCUT2D eigenvalue weighted by Crippen LogP contribution is -2.06. The maximum Gasteiger partial charge on any atom is 0.336 e. The summed E-state index contributed by atoms with van der Waals surface area (Å²) in [5.74, 6) is 0.579. The number of unbranched alkanes of at least 4 members (excludes halogenated alkanes) is 3. The molecule has 0 aliphatic carbocycles. The average molecular weight is 499 g/mol. The first kappa shape index (κ1) is 27.5. The van der Waals surface area contributed by atoms with E-state index in [1.54, 1.807) is 25.1 Å². The number of esters is 2. The molecular weight excluding hydrogens is 464 g/mol. The summed E-state index contributed by atoms with van der Waals surface area (Å²) in [6, 6.07) is 23.3. The number of aryl methyl sites for hydroxylation is 1. The van der Waals surface area contributed by atoms with Crippen LogP contribution >= 0.6 is 0 Å². The van der Waals surface area contributed by atoms with Crippen molar-refractivity contribution in [1.82, 2.24) is 0 Å². The molecule has 0 bridgehead atoms. The van der Waals surface area contributed by atoms with Gasteiger partial charge in [0.15, 0.2) is 0 Å². The van der Waals surface area contributed by atoms with E-state index >= 15 is 0 Å². The summed E-state index contributed by atoms with van der Waals surface area (Å²) < 4.78 is 16.3. The van der Waals surface area contributed by atoms with E-state index in [1.165, 1.54) is 11.6 Å².